The van der Waals surface area contributed by atoms with Crippen molar-refractivity contribution < 1.29 is 4.74 Å². The first kappa shape index (κ1) is 18.2. The smallest absolute Gasteiger partial charge is 0.129 e. The molecular weight excluding hydrogens is 294 g/mol. The molecule has 0 spiro atoms. The number of nitrogens with one attached hydrogen (secondary N) is 1. The van der Waals surface area contributed by atoms with Gasteiger partial charge in [-0.1, -0.05) is 48.9 Å². The number of benzene rings is 1. The molecule has 1 rings (SSSR count). The molecule has 0 radical (unpaired) electrons. The first-order chi connectivity index (χ1) is 10.6. The normalized spacial score (nSPS) is 14.0. The van der Waals surface area contributed by atoms with Crippen LogP contribution in [0.3, 0.4) is 0 Å². The minimum absolute atomic E-state index is 0.694. The van der Waals surface area contributed by atoms with Crippen LogP contribution < -0.4 is 15.2 Å². The number of hydrogen-bond donors (Lipinski definition) is 1. The minimum Gasteiger partial charge on any atom is -0.496 e. The van der Waals surface area contributed by atoms with Crippen LogP contribution in [0.2, 0.25) is 0 Å². The number of halogens is 1. The molecule has 118 valence electrons. The summed E-state index contributed by atoms with van der Waals surface area (Å²) in [5.74, 6) is 0.930. The summed E-state index contributed by atoms with van der Waals surface area (Å²) in [7, 11) is 1.71. The van der Waals surface area contributed by atoms with Crippen LogP contribution in [0.4, 0.5) is 0 Å². The monoisotopic (exact) mass is 317 g/mol. The fourth-order valence-corrected chi connectivity index (χ4v) is 2.69. The van der Waals surface area contributed by atoms with Gasteiger partial charge in [-0.05, 0) is 48.6 Å². The van der Waals surface area contributed by atoms with Crippen molar-refractivity contribution in [2.75, 3.05) is 7.11 Å². The highest BCUT2D eigenvalue weighted by atomic mass is 35.5. The summed E-state index contributed by atoms with van der Waals surface area (Å²) >= 11 is 5.57. The summed E-state index contributed by atoms with van der Waals surface area (Å²) in [5.41, 5.74) is 4.66. The van der Waals surface area contributed by atoms with Gasteiger partial charge in [-0.2, -0.15) is 0 Å². The largest absolute Gasteiger partial charge is 0.496 e. The number of methoxy groups -OCH3 is 1. The third-order valence-corrected chi connectivity index (χ3v) is 3.64. The molecule has 1 aromatic carbocycles. The van der Waals surface area contributed by atoms with Gasteiger partial charge in [0.05, 0.1) is 7.11 Å². The van der Waals surface area contributed by atoms with E-state index in [2.05, 4.69) is 32.1 Å². The van der Waals surface area contributed by atoms with Gasteiger partial charge in [0.15, 0.2) is 0 Å². The fourth-order valence-electron chi connectivity index (χ4n) is 2.62. The highest BCUT2D eigenvalue weighted by Gasteiger charge is 2.08. The predicted octanol–water partition coefficient (Wildman–Crippen LogP) is 3.87. The van der Waals surface area contributed by atoms with Crippen LogP contribution in [0, 0.1) is 12.3 Å². The van der Waals surface area contributed by atoms with Gasteiger partial charge < -0.3 is 10.1 Å². The molecule has 3 heteroatoms. The van der Waals surface area contributed by atoms with Crippen molar-refractivity contribution >= 4 is 30.0 Å². The number of aryl methyl sites for hydroxylation is 1. The van der Waals surface area contributed by atoms with E-state index in [4.69, 9.17) is 21.7 Å². The summed E-state index contributed by atoms with van der Waals surface area (Å²) < 4.78 is 5.58. The summed E-state index contributed by atoms with van der Waals surface area (Å²) in [6.45, 7) is 6.21. The van der Waals surface area contributed by atoms with Crippen LogP contribution in [-0.2, 0) is 6.42 Å². The van der Waals surface area contributed by atoms with E-state index >= 15 is 0 Å². The van der Waals surface area contributed by atoms with Crippen LogP contribution in [0.25, 0.3) is 12.2 Å². The zero-order valence-electron chi connectivity index (χ0n) is 13.7. The van der Waals surface area contributed by atoms with Crippen LogP contribution in [0.5, 0.6) is 5.75 Å². The SMILES string of the molecule is C/C=c1/c(C/C(C=N)=C/C=C/Cl)cc(C)c(OC)/c1=C/CC. The summed E-state index contributed by atoms with van der Waals surface area (Å²) in [6.07, 6.45) is 10.9. The maximum absolute atomic E-state index is 7.57. The third-order valence-electron chi connectivity index (χ3n) is 3.49. The van der Waals surface area contributed by atoms with Gasteiger partial charge in [-0.3, -0.25) is 0 Å². The number of rotatable bonds is 6. The molecule has 22 heavy (non-hydrogen) atoms. The maximum Gasteiger partial charge on any atom is 0.129 e. The van der Waals surface area contributed by atoms with E-state index in [0.29, 0.717) is 6.42 Å². The molecule has 0 aliphatic carbocycles. The Morgan fingerprint density at radius 3 is 2.59 bits per heavy atom. The lowest BCUT2D eigenvalue weighted by Gasteiger charge is -2.12. The molecule has 0 aliphatic rings. The topological polar surface area (TPSA) is 33.1 Å². The average Bonchev–Trinajstić information content (AvgIpc) is 2.51. The Hall–Kier alpha value is -1.80. The Bertz CT molecular complexity index is 699. The van der Waals surface area contributed by atoms with Crippen LogP contribution >= 0.6 is 11.6 Å². The molecule has 1 N–H and O–H groups in total. The van der Waals surface area contributed by atoms with Gasteiger partial charge >= 0.3 is 0 Å². The summed E-state index contributed by atoms with van der Waals surface area (Å²) in [4.78, 5) is 0. The van der Waals surface area contributed by atoms with Crippen molar-refractivity contribution in [1.29, 1.82) is 5.41 Å². The standard InChI is InChI=1S/C19H24ClNO/c1-5-8-18-17(6-2)16(11-14(3)19(18)22-4)12-15(13-21)9-7-10-20/h6-11,13,21H,5,12H2,1-4H3/b10-7+,15-9-,17-6-,18-8+,21-13?. The molecule has 0 amide bonds. The minimum atomic E-state index is 0.694. The quantitative estimate of drug-likeness (QED) is 0.627. The zero-order valence-corrected chi connectivity index (χ0v) is 14.5. The molecule has 0 heterocycles. The van der Waals surface area contributed by atoms with Gasteiger partial charge in [0.25, 0.3) is 0 Å². The number of ether oxygens (including phenoxy) is 1. The van der Waals surface area contributed by atoms with Crippen molar-refractivity contribution in [2.45, 2.75) is 33.6 Å². The predicted molar refractivity (Wildman–Crippen MR) is 97.4 cm³/mol. The van der Waals surface area contributed by atoms with E-state index in [1.165, 1.54) is 22.5 Å². The summed E-state index contributed by atoms with van der Waals surface area (Å²) in [6, 6.07) is 2.14. The van der Waals surface area contributed by atoms with Crippen molar-refractivity contribution in [3.05, 3.63) is 50.9 Å². The Morgan fingerprint density at radius 1 is 1.36 bits per heavy atom. The lowest BCUT2D eigenvalue weighted by molar-refractivity contribution is 0.407. The highest BCUT2D eigenvalue weighted by molar-refractivity contribution is 6.25. The highest BCUT2D eigenvalue weighted by Crippen LogP contribution is 2.13. The Balaban J connectivity index is 3.57. The molecule has 0 aliphatic heterocycles. The van der Waals surface area contributed by atoms with Gasteiger partial charge in [0.2, 0.25) is 0 Å². The lowest BCUT2D eigenvalue weighted by atomic mass is 9.98. The van der Waals surface area contributed by atoms with E-state index in [0.717, 1.165) is 28.5 Å². The Labute approximate surface area is 138 Å². The van der Waals surface area contributed by atoms with Crippen LogP contribution in [-0.4, -0.2) is 13.3 Å². The van der Waals surface area contributed by atoms with Crippen molar-refractivity contribution in [2.24, 2.45) is 0 Å². The molecule has 1 aromatic rings. The van der Waals surface area contributed by atoms with Gasteiger partial charge in [-0.25, -0.2) is 0 Å². The molecule has 0 saturated heterocycles. The van der Waals surface area contributed by atoms with Crippen molar-refractivity contribution in [3.8, 4) is 5.75 Å². The molecule has 0 bridgehead atoms. The van der Waals surface area contributed by atoms with E-state index in [9.17, 15) is 0 Å². The molecule has 2 nitrogen and oxygen atoms in total. The number of allylic oxidation sites excluding steroid dienone is 3. The fraction of sp³-hybridized carbons (Fsp3) is 0.316. The molecule has 0 unspecified atom stereocenters. The van der Waals surface area contributed by atoms with E-state index < -0.39 is 0 Å². The second-order valence-corrected chi connectivity index (χ2v) is 5.25. The maximum atomic E-state index is 7.57. The average molecular weight is 318 g/mol. The third kappa shape index (κ3) is 4.35. The first-order valence-corrected chi connectivity index (χ1v) is 7.85. The summed E-state index contributed by atoms with van der Waals surface area (Å²) in [5, 5.41) is 9.88. The molecule has 0 fully saturated rings. The van der Waals surface area contributed by atoms with E-state index in [-0.39, 0.29) is 0 Å². The lowest BCUT2D eigenvalue weighted by Crippen LogP contribution is -2.31. The second-order valence-electron chi connectivity index (χ2n) is 5.00. The second kappa shape index (κ2) is 9.26. The van der Waals surface area contributed by atoms with Crippen LogP contribution in [0.15, 0.2) is 29.3 Å². The molecular formula is C19H24ClNO. The van der Waals surface area contributed by atoms with Crippen LogP contribution in [0.1, 0.15) is 31.4 Å². The Morgan fingerprint density at radius 2 is 2.09 bits per heavy atom. The Kier molecular flexibility index (Phi) is 7.69. The van der Waals surface area contributed by atoms with Crippen molar-refractivity contribution in [1.82, 2.24) is 0 Å². The van der Waals surface area contributed by atoms with Gasteiger partial charge in [0.1, 0.15) is 5.75 Å². The number of hydrogen-bond acceptors (Lipinski definition) is 2. The van der Waals surface area contributed by atoms with Gasteiger partial charge in [0, 0.05) is 17.0 Å². The van der Waals surface area contributed by atoms with Crippen molar-refractivity contribution in [3.63, 3.8) is 0 Å². The van der Waals surface area contributed by atoms with E-state index in [1.807, 2.05) is 13.0 Å². The zero-order chi connectivity index (χ0) is 16.5. The molecule has 0 aromatic heterocycles. The first-order valence-electron chi connectivity index (χ1n) is 7.42. The molecule has 0 atom stereocenters. The molecule has 0 saturated carbocycles. The van der Waals surface area contributed by atoms with Gasteiger partial charge in [-0.15, -0.1) is 0 Å². The van der Waals surface area contributed by atoms with E-state index in [1.54, 1.807) is 13.2 Å².